The maximum atomic E-state index is 12.3. The molecular weight excluding hydrogens is 446 g/mol. The summed E-state index contributed by atoms with van der Waals surface area (Å²) in [7, 11) is 0. The van der Waals surface area contributed by atoms with Gasteiger partial charge < -0.3 is 20.7 Å². The zero-order valence-corrected chi connectivity index (χ0v) is 19.4. The quantitative estimate of drug-likeness (QED) is 0.342. The zero-order chi connectivity index (χ0) is 24.2. The molecule has 176 valence electrons. The van der Waals surface area contributed by atoms with Crippen molar-refractivity contribution in [2.75, 3.05) is 25.0 Å². The second kappa shape index (κ2) is 13.2. The number of esters is 1. The molecule has 0 aliphatic carbocycles. The molecule has 0 fully saturated rings. The monoisotopic (exact) mass is 473 g/mol. The van der Waals surface area contributed by atoms with Gasteiger partial charge in [-0.25, -0.2) is 0 Å². The molecule has 3 amide bonds. The van der Waals surface area contributed by atoms with Crippen LogP contribution < -0.4 is 16.0 Å². The van der Waals surface area contributed by atoms with E-state index in [4.69, 9.17) is 16.3 Å². The molecule has 8 nitrogen and oxygen atoms in total. The fourth-order valence-corrected chi connectivity index (χ4v) is 2.85. The van der Waals surface area contributed by atoms with E-state index < -0.39 is 18.5 Å². The SMILES string of the molecule is CC(C)CNC(=O)c1ccccc1NC(=O)COC(=O)CCCNC(=O)c1ccc(Cl)cc1. The Hall–Kier alpha value is -3.39. The van der Waals surface area contributed by atoms with Crippen LogP contribution in [0.1, 0.15) is 47.4 Å². The lowest BCUT2D eigenvalue weighted by Gasteiger charge is -2.12. The van der Waals surface area contributed by atoms with Gasteiger partial charge in [0.1, 0.15) is 0 Å². The van der Waals surface area contributed by atoms with E-state index in [9.17, 15) is 19.2 Å². The predicted octanol–water partition coefficient (Wildman–Crippen LogP) is 3.42. The molecule has 3 N–H and O–H groups in total. The molecule has 0 aliphatic heterocycles. The lowest BCUT2D eigenvalue weighted by molar-refractivity contribution is -0.147. The summed E-state index contributed by atoms with van der Waals surface area (Å²) in [5.74, 6) is -1.38. The third-order valence-electron chi connectivity index (χ3n) is 4.43. The van der Waals surface area contributed by atoms with Crippen LogP contribution in [0.2, 0.25) is 5.02 Å². The molecule has 0 atom stereocenters. The normalized spacial score (nSPS) is 10.4. The second-order valence-electron chi connectivity index (χ2n) is 7.72. The van der Waals surface area contributed by atoms with E-state index in [1.54, 1.807) is 48.5 Å². The largest absolute Gasteiger partial charge is 0.456 e. The number of hydrogen-bond acceptors (Lipinski definition) is 5. The topological polar surface area (TPSA) is 114 Å². The number of carbonyl (C=O) groups excluding carboxylic acids is 4. The first-order chi connectivity index (χ1) is 15.8. The third kappa shape index (κ3) is 9.33. The van der Waals surface area contributed by atoms with Crippen LogP contribution in [0, 0.1) is 5.92 Å². The molecular formula is C24H28ClN3O5. The Morgan fingerprint density at radius 1 is 0.939 bits per heavy atom. The number of rotatable bonds is 11. The summed E-state index contributed by atoms with van der Waals surface area (Å²) in [5.41, 5.74) is 1.13. The van der Waals surface area contributed by atoms with Crippen molar-refractivity contribution in [3.63, 3.8) is 0 Å². The van der Waals surface area contributed by atoms with Crippen molar-refractivity contribution < 1.29 is 23.9 Å². The molecule has 0 aliphatic rings. The molecule has 9 heteroatoms. The van der Waals surface area contributed by atoms with Crippen molar-refractivity contribution >= 4 is 41.0 Å². The van der Waals surface area contributed by atoms with Gasteiger partial charge in [0.15, 0.2) is 6.61 Å². The number of para-hydroxylation sites is 1. The number of halogens is 1. The number of ether oxygens (including phenoxy) is 1. The van der Waals surface area contributed by atoms with Crippen LogP contribution in [0.25, 0.3) is 0 Å². The summed E-state index contributed by atoms with van der Waals surface area (Å²) >= 11 is 5.79. The molecule has 0 heterocycles. The van der Waals surface area contributed by atoms with Crippen LogP contribution in [0.5, 0.6) is 0 Å². The summed E-state index contributed by atoms with van der Waals surface area (Å²) in [6.45, 7) is 4.28. The first-order valence-electron chi connectivity index (χ1n) is 10.6. The van der Waals surface area contributed by atoms with Gasteiger partial charge in [0.25, 0.3) is 17.7 Å². The van der Waals surface area contributed by atoms with Gasteiger partial charge in [-0.2, -0.15) is 0 Å². The Labute approximate surface area is 198 Å². The number of nitrogens with one attached hydrogen (secondary N) is 3. The summed E-state index contributed by atoms with van der Waals surface area (Å²) in [5, 5.41) is 8.63. The highest BCUT2D eigenvalue weighted by molar-refractivity contribution is 6.30. The lowest BCUT2D eigenvalue weighted by atomic mass is 10.1. The molecule has 33 heavy (non-hydrogen) atoms. The summed E-state index contributed by atoms with van der Waals surface area (Å²) < 4.78 is 4.98. The Bertz CT molecular complexity index is 976. The number of carbonyl (C=O) groups is 4. The number of hydrogen-bond donors (Lipinski definition) is 3. The molecule has 0 saturated heterocycles. The molecule has 0 unspecified atom stereocenters. The van der Waals surface area contributed by atoms with Gasteiger partial charge in [-0.05, 0) is 48.7 Å². The van der Waals surface area contributed by atoms with Crippen LogP contribution in [-0.2, 0) is 14.3 Å². The van der Waals surface area contributed by atoms with E-state index in [0.717, 1.165) is 0 Å². The van der Waals surface area contributed by atoms with Gasteiger partial charge in [0.05, 0.1) is 11.3 Å². The van der Waals surface area contributed by atoms with Crippen LogP contribution in [0.4, 0.5) is 5.69 Å². The maximum absolute atomic E-state index is 12.3. The van der Waals surface area contributed by atoms with Crippen molar-refractivity contribution in [1.29, 1.82) is 0 Å². The lowest BCUT2D eigenvalue weighted by Crippen LogP contribution is -2.29. The van der Waals surface area contributed by atoms with Gasteiger partial charge in [-0.1, -0.05) is 37.6 Å². The molecule has 0 bridgehead atoms. The summed E-state index contributed by atoms with van der Waals surface area (Å²) in [6.07, 6.45) is 0.404. The minimum absolute atomic E-state index is 0.0440. The molecule has 0 aromatic heterocycles. The Kier molecular flexibility index (Phi) is 10.4. The van der Waals surface area contributed by atoms with E-state index in [2.05, 4.69) is 16.0 Å². The van der Waals surface area contributed by atoms with Crippen molar-refractivity contribution in [2.24, 2.45) is 5.92 Å². The Morgan fingerprint density at radius 3 is 2.33 bits per heavy atom. The summed E-state index contributed by atoms with van der Waals surface area (Å²) in [6, 6.07) is 13.1. The van der Waals surface area contributed by atoms with Gasteiger partial charge in [-0.3, -0.25) is 19.2 Å². The number of anilines is 1. The predicted molar refractivity (Wildman–Crippen MR) is 126 cm³/mol. The number of benzene rings is 2. The average Bonchev–Trinajstić information content (AvgIpc) is 2.79. The van der Waals surface area contributed by atoms with E-state index in [0.29, 0.717) is 40.7 Å². The maximum Gasteiger partial charge on any atom is 0.306 e. The molecule has 2 aromatic carbocycles. The van der Waals surface area contributed by atoms with E-state index in [1.165, 1.54) is 0 Å². The third-order valence-corrected chi connectivity index (χ3v) is 4.68. The minimum atomic E-state index is -0.561. The van der Waals surface area contributed by atoms with Crippen LogP contribution in [0.3, 0.4) is 0 Å². The smallest absolute Gasteiger partial charge is 0.306 e. The Morgan fingerprint density at radius 2 is 1.64 bits per heavy atom. The zero-order valence-electron chi connectivity index (χ0n) is 18.7. The fraction of sp³-hybridized carbons (Fsp3) is 0.333. The van der Waals surface area contributed by atoms with Gasteiger partial charge >= 0.3 is 5.97 Å². The molecule has 0 saturated carbocycles. The standard InChI is InChI=1S/C24H28ClN3O5/c1-16(2)14-27-24(32)19-6-3-4-7-20(19)28-21(29)15-33-22(30)8-5-13-26-23(31)17-9-11-18(25)12-10-17/h3-4,6-7,9-12,16H,5,8,13-15H2,1-2H3,(H,26,31)(H,27,32)(H,28,29). The molecule has 2 rings (SSSR count). The average molecular weight is 474 g/mol. The van der Waals surface area contributed by atoms with Gasteiger partial charge in [0.2, 0.25) is 0 Å². The highest BCUT2D eigenvalue weighted by Crippen LogP contribution is 2.15. The van der Waals surface area contributed by atoms with Crippen LogP contribution in [0.15, 0.2) is 48.5 Å². The highest BCUT2D eigenvalue weighted by Gasteiger charge is 2.14. The van der Waals surface area contributed by atoms with Crippen molar-refractivity contribution in [2.45, 2.75) is 26.7 Å². The van der Waals surface area contributed by atoms with Gasteiger partial charge in [0, 0.05) is 30.1 Å². The Balaban J connectivity index is 1.71. The second-order valence-corrected chi connectivity index (χ2v) is 8.16. The molecule has 0 spiro atoms. The van der Waals surface area contributed by atoms with E-state index in [1.807, 2.05) is 13.8 Å². The number of amides is 3. The van der Waals surface area contributed by atoms with Crippen LogP contribution >= 0.6 is 11.6 Å². The van der Waals surface area contributed by atoms with E-state index >= 15 is 0 Å². The van der Waals surface area contributed by atoms with Gasteiger partial charge in [-0.15, -0.1) is 0 Å². The van der Waals surface area contributed by atoms with E-state index in [-0.39, 0.29) is 24.8 Å². The first-order valence-corrected chi connectivity index (χ1v) is 11.0. The van der Waals surface area contributed by atoms with Crippen LogP contribution in [-0.4, -0.2) is 43.4 Å². The van der Waals surface area contributed by atoms with Crippen molar-refractivity contribution in [3.8, 4) is 0 Å². The first kappa shape index (κ1) is 25.9. The fourth-order valence-electron chi connectivity index (χ4n) is 2.72. The molecule has 2 aromatic rings. The summed E-state index contributed by atoms with van der Waals surface area (Å²) in [4.78, 5) is 48.4. The van der Waals surface area contributed by atoms with Crippen molar-refractivity contribution in [1.82, 2.24) is 10.6 Å². The molecule has 0 radical (unpaired) electrons. The highest BCUT2D eigenvalue weighted by atomic mass is 35.5. The minimum Gasteiger partial charge on any atom is -0.456 e. The van der Waals surface area contributed by atoms with Crippen molar-refractivity contribution in [3.05, 3.63) is 64.7 Å².